The van der Waals surface area contributed by atoms with Crippen molar-refractivity contribution in [2.24, 2.45) is 11.8 Å². The molecule has 1 fully saturated rings. The molecule has 1 aliphatic heterocycles. The quantitative estimate of drug-likeness (QED) is 0.782. The van der Waals surface area contributed by atoms with Crippen LogP contribution in [0.25, 0.3) is 11.3 Å². The molecule has 3 rings (SSSR count). The second-order valence-corrected chi connectivity index (χ2v) is 7.55. The fourth-order valence-corrected chi connectivity index (χ4v) is 3.67. The summed E-state index contributed by atoms with van der Waals surface area (Å²) in [6.45, 7) is 5.86. The zero-order valence-electron chi connectivity index (χ0n) is 16.3. The molecule has 146 valence electrons. The van der Waals surface area contributed by atoms with E-state index in [9.17, 15) is 4.79 Å². The normalized spacial score (nSPS) is 19.9. The lowest BCUT2D eigenvalue weighted by Gasteiger charge is -2.31. The van der Waals surface area contributed by atoms with Crippen molar-refractivity contribution in [2.45, 2.75) is 39.2 Å². The molecule has 27 heavy (non-hydrogen) atoms. The van der Waals surface area contributed by atoms with Crippen LogP contribution in [0.2, 0.25) is 0 Å². The lowest BCUT2D eigenvalue weighted by atomic mass is 9.81. The minimum atomic E-state index is 0.140. The third-order valence-electron chi connectivity index (χ3n) is 5.07. The number of carbonyl (C=O) groups is 1. The second kappa shape index (κ2) is 9.04. The van der Waals surface area contributed by atoms with Crippen LogP contribution >= 0.6 is 0 Å². The van der Waals surface area contributed by atoms with Crippen molar-refractivity contribution in [3.8, 4) is 17.1 Å². The number of carbonyl (C=O) groups excluding carboxylic acids is 1. The standard InChI is InChI=1S/C21H29N3O3/c1-14(2)23-21(25)11-16-8-9-22-13-17(16)10-18-12-20(27-24-18)15-4-6-19(26-3)7-5-15/h4-7,12,14,16-17,22H,8-11,13H2,1-3H3,(H,23,25). The zero-order chi connectivity index (χ0) is 19.2. The van der Waals surface area contributed by atoms with Gasteiger partial charge in [-0.25, -0.2) is 0 Å². The van der Waals surface area contributed by atoms with Gasteiger partial charge in [-0.2, -0.15) is 0 Å². The predicted octanol–water partition coefficient (Wildman–Crippen LogP) is 3.03. The minimum absolute atomic E-state index is 0.140. The van der Waals surface area contributed by atoms with Crippen molar-refractivity contribution >= 4 is 5.91 Å². The van der Waals surface area contributed by atoms with E-state index in [-0.39, 0.29) is 11.9 Å². The Labute approximate surface area is 160 Å². The van der Waals surface area contributed by atoms with Crippen molar-refractivity contribution in [1.82, 2.24) is 15.8 Å². The molecule has 2 N–H and O–H groups in total. The lowest BCUT2D eigenvalue weighted by Crippen LogP contribution is -2.41. The number of hydrogen-bond donors (Lipinski definition) is 2. The fraction of sp³-hybridized carbons (Fsp3) is 0.524. The number of hydrogen-bond acceptors (Lipinski definition) is 5. The van der Waals surface area contributed by atoms with Gasteiger partial charge in [-0.05, 0) is 75.9 Å². The summed E-state index contributed by atoms with van der Waals surface area (Å²) in [5.74, 6) is 2.46. The van der Waals surface area contributed by atoms with E-state index in [1.54, 1.807) is 7.11 Å². The van der Waals surface area contributed by atoms with Gasteiger partial charge in [-0.3, -0.25) is 4.79 Å². The highest BCUT2D eigenvalue weighted by molar-refractivity contribution is 5.76. The van der Waals surface area contributed by atoms with E-state index in [0.717, 1.165) is 48.7 Å². The summed E-state index contributed by atoms with van der Waals surface area (Å²) < 4.78 is 10.7. The van der Waals surface area contributed by atoms with Gasteiger partial charge in [0.25, 0.3) is 0 Å². The third-order valence-corrected chi connectivity index (χ3v) is 5.07. The molecule has 0 bridgehead atoms. The van der Waals surface area contributed by atoms with Crippen molar-refractivity contribution in [3.05, 3.63) is 36.0 Å². The van der Waals surface area contributed by atoms with E-state index in [1.165, 1.54) is 0 Å². The van der Waals surface area contributed by atoms with Gasteiger partial charge < -0.3 is 19.9 Å². The average molecular weight is 371 g/mol. The highest BCUT2D eigenvalue weighted by atomic mass is 16.5. The third kappa shape index (κ3) is 5.32. The van der Waals surface area contributed by atoms with Gasteiger partial charge in [0.1, 0.15) is 5.75 Å². The summed E-state index contributed by atoms with van der Waals surface area (Å²) in [4.78, 5) is 12.2. The largest absolute Gasteiger partial charge is 0.497 e. The highest BCUT2D eigenvalue weighted by Crippen LogP contribution is 2.28. The summed E-state index contributed by atoms with van der Waals surface area (Å²) in [6, 6.07) is 9.93. The minimum Gasteiger partial charge on any atom is -0.497 e. The maximum atomic E-state index is 12.2. The van der Waals surface area contributed by atoms with Crippen LogP contribution in [0.15, 0.2) is 34.9 Å². The molecule has 2 aromatic rings. The van der Waals surface area contributed by atoms with Crippen LogP contribution in [0.4, 0.5) is 0 Å². The van der Waals surface area contributed by atoms with Gasteiger partial charge in [0, 0.05) is 24.1 Å². The molecule has 2 heterocycles. The fourth-order valence-electron chi connectivity index (χ4n) is 3.67. The Morgan fingerprint density at radius 2 is 2.11 bits per heavy atom. The van der Waals surface area contributed by atoms with Crippen molar-refractivity contribution in [3.63, 3.8) is 0 Å². The highest BCUT2D eigenvalue weighted by Gasteiger charge is 2.28. The molecule has 1 aliphatic rings. The average Bonchev–Trinajstić information content (AvgIpc) is 3.11. The van der Waals surface area contributed by atoms with Gasteiger partial charge >= 0.3 is 0 Å². The molecule has 1 aromatic carbocycles. The van der Waals surface area contributed by atoms with E-state index >= 15 is 0 Å². The van der Waals surface area contributed by atoms with Crippen LogP contribution in [0, 0.1) is 11.8 Å². The molecular weight excluding hydrogens is 342 g/mol. The maximum absolute atomic E-state index is 12.2. The molecule has 1 aromatic heterocycles. The number of benzene rings is 1. The van der Waals surface area contributed by atoms with E-state index in [1.807, 2.05) is 44.2 Å². The summed E-state index contributed by atoms with van der Waals surface area (Å²) in [5, 5.41) is 10.7. The molecule has 0 radical (unpaired) electrons. The first-order chi connectivity index (χ1) is 13.0. The summed E-state index contributed by atoms with van der Waals surface area (Å²) >= 11 is 0. The molecule has 0 spiro atoms. The van der Waals surface area contributed by atoms with Crippen LogP contribution in [-0.2, 0) is 11.2 Å². The molecule has 0 aliphatic carbocycles. The molecular formula is C21H29N3O3. The van der Waals surface area contributed by atoms with Gasteiger partial charge in [0.05, 0.1) is 12.8 Å². The molecule has 6 nitrogen and oxygen atoms in total. The smallest absolute Gasteiger partial charge is 0.220 e. The number of methoxy groups -OCH3 is 1. The van der Waals surface area contributed by atoms with Crippen LogP contribution in [0.1, 0.15) is 32.4 Å². The van der Waals surface area contributed by atoms with Crippen LogP contribution in [-0.4, -0.2) is 37.3 Å². The van der Waals surface area contributed by atoms with Crippen molar-refractivity contribution in [1.29, 1.82) is 0 Å². The maximum Gasteiger partial charge on any atom is 0.220 e. The molecule has 2 unspecified atom stereocenters. The SMILES string of the molecule is COc1ccc(-c2cc(CC3CNCCC3CC(=O)NC(C)C)no2)cc1. The van der Waals surface area contributed by atoms with Crippen LogP contribution in [0.3, 0.4) is 0 Å². The predicted molar refractivity (Wildman–Crippen MR) is 105 cm³/mol. The number of ether oxygens (including phenoxy) is 1. The monoisotopic (exact) mass is 371 g/mol. The van der Waals surface area contributed by atoms with E-state index in [4.69, 9.17) is 9.26 Å². The van der Waals surface area contributed by atoms with Gasteiger partial charge in [-0.1, -0.05) is 5.16 Å². The number of amides is 1. The molecule has 1 amide bonds. The number of aromatic nitrogens is 1. The number of nitrogens with zero attached hydrogens (tertiary/aromatic N) is 1. The van der Waals surface area contributed by atoms with E-state index < -0.39 is 0 Å². The van der Waals surface area contributed by atoms with Crippen molar-refractivity contribution in [2.75, 3.05) is 20.2 Å². The number of piperidine rings is 1. The Kier molecular flexibility index (Phi) is 6.50. The van der Waals surface area contributed by atoms with Crippen LogP contribution in [0.5, 0.6) is 5.75 Å². The topological polar surface area (TPSA) is 76.4 Å². The first-order valence-corrected chi connectivity index (χ1v) is 9.65. The molecule has 6 heteroatoms. The first-order valence-electron chi connectivity index (χ1n) is 9.65. The zero-order valence-corrected chi connectivity index (χ0v) is 16.3. The van der Waals surface area contributed by atoms with Crippen molar-refractivity contribution < 1.29 is 14.1 Å². The molecule has 0 saturated carbocycles. The Morgan fingerprint density at radius 3 is 2.81 bits per heavy atom. The molecule has 2 atom stereocenters. The van der Waals surface area contributed by atoms with Crippen LogP contribution < -0.4 is 15.4 Å². The second-order valence-electron chi connectivity index (χ2n) is 7.55. The van der Waals surface area contributed by atoms with Gasteiger partial charge in [0.2, 0.25) is 5.91 Å². The van der Waals surface area contributed by atoms with Gasteiger partial charge in [-0.15, -0.1) is 0 Å². The first kappa shape index (κ1) is 19.4. The Hall–Kier alpha value is -2.34. The number of rotatable bonds is 7. The summed E-state index contributed by atoms with van der Waals surface area (Å²) in [7, 11) is 1.65. The Morgan fingerprint density at radius 1 is 1.33 bits per heavy atom. The Bertz CT molecular complexity index is 739. The lowest BCUT2D eigenvalue weighted by molar-refractivity contribution is -0.123. The summed E-state index contributed by atoms with van der Waals surface area (Å²) in [5.41, 5.74) is 1.91. The summed E-state index contributed by atoms with van der Waals surface area (Å²) in [6.07, 6.45) is 2.40. The van der Waals surface area contributed by atoms with E-state index in [2.05, 4.69) is 15.8 Å². The Balaban J connectivity index is 1.64. The van der Waals surface area contributed by atoms with Gasteiger partial charge in [0.15, 0.2) is 5.76 Å². The number of nitrogens with one attached hydrogen (secondary N) is 2. The molecule has 1 saturated heterocycles. The van der Waals surface area contributed by atoms with E-state index in [0.29, 0.717) is 18.3 Å².